The van der Waals surface area contributed by atoms with Gasteiger partial charge in [0.1, 0.15) is 0 Å². The molecule has 1 aromatic rings. The van der Waals surface area contributed by atoms with Crippen molar-refractivity contribution in [3.8, 4) is 0 Å². The van der Waals surface area contributed by atoms with Gasteiger partial charge in [0.15, 0.2) is 5.78 Å². The van der Waals surface area contributed by atoms with E-state index in [0.717, 1.165) is 5.56 Å². The maximum absolute atomic E-state index is 11.6. The van der Waals surface area contributed by atoms with E-state index in [0.29, 0.717) is 12.3 Å². The summed E-state index contributed by atoms with van der Waals surface area (Å²) in [6.07, 6.45) is 0.642. The second-order valence-corrected chi connectivity index (χ2v) is 3.89. The monoisotopic (exact) mass is 206 g/mol. The lowest BCUT2D eigenvalue weighted by Gasteiger charge is -2.03. The zero-order valence-corrected chi connectivity index (χ0v) is 10.5. The molecule has 0 radical (unpaired) electrons. The van der Waals surface area contributed by atoms with E-state index in [9.17, 15) is 4.79 Å². The van der Waals surface area contributed by atoms with Gasteiger partial charge in [-0.2, -0.15) is 0 Å². The molecule has 0 fully saturated rings. The Morgan fingerprint density at radius 1 is 1.13 bits per heavy atom. The first-order valence-electron chi connectivity index (χ1n) is 5.69. The minimum absolute atomic E-state index is 0.245. The number of hydrogen-bond acceptors (Lipinski definition) is 1. The van der Waals surface area contributed by atoms with Crippen LogP contribution in [0.1, 0.15) is 50.0 Å². The summed E-state index contributed by atoms with van der Waals surface area (Å²) in [6, 6.07) is 7.77. The zero-order valence-electron chi connectivity index (χ0n) is 10.5. The van der Waals surface area contributed by atoms with Crippen LogP contribution in [0.15, 0.2) is 24.3 Å². The molecule has 1 nitrogen and oxygen atoms in total. The van der Waals surface area contributed by atoms with Gasteiger partial charge in [-0.25, -0.2) is 0 Å². The van der Waals surface area contributed by atoms with Gasteiger partial charge in [0, 0.05) is 12.0 Å². The number of rotatable bonds is 3. The van der Waals surface area contributed by atoms with Crippen molar-refractivity contribution in [1.82, 2.24) is 0 Å². The van der Waals surface area contributed by atoms with Crippen molar-refractivity contribution in [3.05, 3.63) is 35.4 Å². The lowest BCUT2D eigenvalue weighted by Crippen LogP contribution is -2.03. The van der Waals surface area contributed by atoms with E-state index in [1.54, 1.807) is 0 Å². The number of hydrogen-bond donors (Lipinski definition) is 0. The maximum Gasteiger partial charge on any atom is 0.163 e. The molecule has 0 aliphatic heterocycles. The summed E-state index contributed by atoms with van der Waals surface area (Å²) in [6.45, 7) is 10.1. The molecule has 0 amide bonds. The van der Waals surface area contributed by atoms with E-state index in [1.807, 2.05) is 45.0 Å². The molecule has 0 atom stereocenters. The van der Waals surface area contributed by atoms with Crippen molar-refractivity contribution in [1.29, 1.82) is 0 Å². The molecule has 1 heteroatoms. The lowest BCUT2D eigenvalue weighted by atomic mass is 10.0. The van der Waals surface area contributed by atoms with Crippen molar-refractivity contribution in [3.63, 3.8) is 0 Å². The molecule has 0 unspecified atom stereocenters. The molecule has 15 heavy (non-hydrogen) atoms. The molecular formula is C14H22O. The van der Waals surface area contributed by atoms with Gasteiger partial charge in [-0.3, -0.25) is 4.79 Å². The van der Waals surface area contributed by atoms with Crippen molar-refractivity contribution in [2.45, 2.75) is 41.0 Å². The average Bonchev–Trinajstić information content (AvgIpc) is 2.20. The van der Waals surface area contributed by atoms with Crippen LogP contribution >= 0.6 is 0 Å². The summed E-state index contributed by atoms with van der Waals surface area (Å²) in [5.41, 5.74) is 2.03. The van der Waals surface area contributed by atoms with Crippen LogP contribution in [0.25, 0.3) is 0 Å². The second-order valence-electron chi connectivity index (χ2n) is 3.89. The first-order chi connectivity index (χ1) is 7.09. The van der Waals surface area contributed by atoms with Gasteiger partial charge in [-0.05, 0) is 12.8 Å². The van der Waals surface area contributed by atoms with Crippen molar-refractivity contribution in [2.75, 3.05) is 0 Å². The van der Waals surface area contributed by atoms with Gasteiger partial charge < -0.3 is 0 Å². The molecule has 0 spiro atoms. The van der Waals surface area contributed by atoms with Crippen LogP contribution in [0.4, 0.5) is 0 Å². The first-order valence-corrected chi connectivity index (χ1v) is 5.69. The van der Waals surface area contributed by atoms with Gasteiger partial charge in [0.05, 0.1) is 0 Å². The summed E-state index contributed by atoms with van der Waals surface area (Å²) in [4.78, 5) is 11.6. The number of carbonyl (C=O) groups is 1. The highest BCUT2D eigenvalue weighted by Gasteiger charge is 2.06. The fourth-order valence-electron chi connectivity index (χ4n) is 1.23. The largest absolute Gasteiger partial charge is 0.294 e. The molecule has 0 aliphatic carbocycles. The van der Waals surface area contributed by atoms with Crippen LogP contribution in [0.5, 0.6) is 0 Å². The highest BCUT2D eigenvalue weighted by molar-refractivity contribution is 5.96. The second kappa shape index (κ2) is 7.22. The number of ketones is 1. The number of Topliss-reactive ketones (excluding diaryl/α,β-unsaturated/α-hetero) is 1. The highest BCUT2D eigenvalue weighted by Crippen LogP contribution is 2.10. The van der Waals surface area contributed by atoms with Crippen LogP contribution in [-0.4, -0.2) is 5.78 Å². The van der Waals surface area contributed by atoms with E-state index in [4.69, 9.17) is 0 Å². The molecule has 1 rings (SSSR count). The van der Waals surface area contributed by atoms with Crippen LogP contribution in [0, 0.1) is 12.8 Å². The zero-order chi connectivity index (χ0) is 11.8. The predicted molar refractivity (Wildman–Crippen MR) is 66.3 cm³/mol. The summed E-state index contributed by atoms with van der Waals surface area (Å²) in [7, 11) is 0. The third-order valence-electron chi connectivity index (χ3n) is 1.97. The standard InChI is InChI=1S/C12H16O.C2H6/c1-9(2)8-12(13)11-6-4-10(3)5-7-11;1-2/h4-7,9H,8H2,1-3H3;1-2H3. The van der Waals surface area contributed by atoms with Crippen LogP contribution in [0.2, 0.25) is 0 Å². The maximum atomic E-state index is 11.6. The topological polar surface area (TPSA) is 17.1 Å². The Morgan fingerprint density at radius 3 is 2.00 bits per heavy atom. The molecule has 0 aromatic heterocycles. The molecule has 0 N–H and O–H groups in total. The van der Waals surface area contributed by atoms with Crippen molar-refractivity contribution in [2.24, 2.45) is 5.92 Å². The summed E-state index contributed by atoms with van der Waals surface area (Å²) in [5, 5.41) is 0. The Bertz CT molecular complexity index is 283. The van der Waals surface area contributed by atoms with E-state index in [2.05, 4.69) is 13.8 Å². The minimum atomic E-state index is 0.245. The van der Waals surface area contributed by atoms with E-state index < -0.39 is 0 Å². The Balaban J connectivity index is 0.000000921. The normalized spacial score (nSPS) is 9.47. The fraction of sp³-hybridized carbons (Fsp3) is 0.500. The minimum Gasteiger partial charge on any atom is -0.294 e. The number of carbonyl (C=O) groups excluding carboxylic acids is 1. The summed E-state index contributed by atoms with van der Waals surface area (Å²) >= 11 is 0. The predicted octanol–water partition coefficient (Wildman–Crippen LogP) is 4.25. The van der Waals surface area contributed by atoms with Crippen molar-refractivity contribution >= 4 is 5.78 Å². The quantitative estimate of drug-likeness (QED) is 0.676. The molecule has 0 saturated carbocycles. The first kappa shape index (κ1) is 13.9. The molecule has 0 heterocycles. The summed E-state index contributed by atoms with van der Waals surface area (Å²) < 4.78 is 0. The molecule has 0 bridgehead atoms. The Morgan fingerprint density at radius 2 is 1.60 bits per heavy atom. The Labute approximate surface area is 93.5 Å². The SMILES string of the molecule is CC.Cc1ccc(C(=O)CC(C)C)cc1. The molecule has 0 aliphatic rings. The van der Waals surface area contributed by atoms with Gasteiger partial charge in [-0.1, -0.05) is 57.5 Å². The van der Waals surface area contributed by atoms with E-state index in [1.165, 1.54) is 5.56 Å². The Hall–Kier alpha value is -1.11. The molecule has 0 saturated heterocycles. The molecular weight excluding hydrogens is 184 g/mol. The smallest absolute Gasteiger partial charge is 0.163 e. The van der Waals surface area contributed by atoms with Crippen LogP contribution in [-0.2, 0) is 0 Å². The number of aryl methyl sites for hydroxylation is 1. The Kier molecular flexibility index (Phi) is 6.68. The van der Waals surface area contributed by atoms with Gasteiger partial charge in [0.2, 0.25) is 0 Å². The van der Waals surface area contributed by atoms with Gasteiger partial charge in [0.25, 0.3) is 0 Å². The third-order valence-corrected chi connectivity index (χ3v) is 1.97. The van der Waals surface area contributed by atoms with Crippen LogP contribution in [0.3, 0.4) is 0 Å². The lowest BCUT2D eigenvalue weighted by molar-refractivity contribution is 0.0968. The number of benzene rings is 1. The molecule has 84 valence electrons. The van der Waals surface area contributed by atoms with Gasteiger partial charge >= 0.3 is 0 Å². The molecule has 1 aromatic carbocycles. The van der Waals surface area contributed by atoms with Crippen molar-refractivity contribution < 1.29 is 4.79 Å². The van der Waals surface area contributed by atoms with Gasteiger partial charge in [-0.15, -0.1) is 0 Å². The highest BCUT2D eigenvalue weighted by atomic mass is 16.1. The van der Waals surface area contributed by atoms with E-state index in [-0.39, 0.29) is 5.78 Å². The van der Waals surface area contributed by atoms with Crippen LogP contribution < -0.4 is 0 Å². The third kappa shape index (κ3) is 5.36. The average molecular weight is 206 g/mol. The summed E-state index contributed by atoms with van der Waals surface area (Å²) in [5.74, 6) is 0.684. The van der Waals surface area contributed by atoms with E-state index >= 15 is 0 Å². The fourth-order valence-corrected chi connectivity index (χ4v) is 1.23.